The van der Waals surface area contributed by atoms with Gasteiger partial charge in [0.25, 0.3) is 0 Å². The monoisotopic (exact) mass is 311 g/mol. The van der Waals surface area contributed by atoms with E-state index in [2.05, 4.69) is 29.5 Å². The minimum absolute atomic E-state index is 0.0538. The summed E-state index contributed by atoms with van der Waals surface area (Å²) in [5.74, 6) is 1.20. The van der Waals surface area contributed by atoms with E-state index in [1.54, 1.807) is 6.20 Å². The third-order valence-corrected chi connectivity index (χ3v) is 3.57. The second kappa shape index (κ2) is 8.32. The molecule has 0 atom stereocenters. The van der Waals surface area contributed by atoms with Gasteiger partial charge in [-0.2, -0.15) is 0 Å². The molecule has 1 aromatic heterocycles. The molecule has 0 aliphatic carbocycles. The number of hydrogen-bond donors (Lipinski definition) is 2. The van der Waals surface area contributed by atoms with Gasteiger partial charge < -0.3 is 10.6 Å². The highest BCUT2D eigenvalue weighted by molar-refractivity contribution is 5.91. The lowest BCUT2D eigenvalue weighted by Crippen LogP contribution is -2.15. The summed E-state index contributed by atoms with van der Waals surface area (Å²) in [6.07, 6.45) is 3.23. The Balaban J connectivity index is 1.82. The number of rotatable bonds is 7. The summed E-state index contributed by atoms with van der Waals surface area (Å²) >= 11 is 0. The van der Waals surface area contributed by atoms with Crippen LogP contribution in [-0.2, 0) is 11.2 Å². The van der Waals surface area contributed by atoms with Crippen molar-refractivity contribution in [2.24, 2.45) is 5.92 Å². The largest absolute Gasteiger partial charge is 0.384 e. The lowest BCUT2D eigenvalue weighted by atomic mass is 10.1. The Hall–Kier alpha value is -2.36. The molecular formula is C19H25N3O. The number of aryl methyl sites for hydroxylation is 1. The minimum atomic E-state index is -0.0538. The maximum absolute atomic E-state index is 12.0. The molecule has 122 valence electrons. The highest BCUT2D eigenvalue weighted by atomic mass is 16.1. The van der Waals surface area contributed by atoms with Gasteiger partial charge in [0.15, 0.2) is 0 Å². The summed E-state index contributed by atoms with van der Waals surface area (Å²) in [5, 5.41) is 6.16. The fraction of sp³-hybridized carbons (Fsp3) is 0.368. The summed E-state index contributed by atoms with van der Waals surface area (Å²) in [4.78, 5) is 16.3. The van der Waals surface area contributed by atoms with E-state index >= 15 is 0 Å². The average Bonchev–Trinajstić information content (AvgIpc) is 2.51. The van der Waals surface area contributed by atoms with Crippen LogP contribution < -0.4 is 10.6 Å². The number of nitrogens with zero attached hydrogens (tertiary/aromatic N) is 1. The van der Waals surface area contributed by atoms with Gasteiger partial charge >= 0.3 is 0 Å². The zero-order valence-corrected chi connectivity index (χ0v) is 14.1. The summed E-state index contributed by atoms with van der Waals surface area (Å²) in [7, 11) is 0. The fourth-order valence-corrected chi connectivity index (χ4v) is 2.16. The van der Waals surface area contributed by atoms with Crippen LogP contribution in [0.1, 0.15) is 31.4 Å². The summed E-state index contributed by atoms with van der Waals surface area (Å²) < 4.78 is 0. The molecule has 1 amide bonds. The first kappa shape index (κ1) is 17.0. The fourth-order valence-electron chi connectivity index (χ4n) is 2.16. The number of carbonyl (C=O) groups excluding carboxylic acids is 1. The normalized spacial score (nSPS) is 10.6. The predicted octanol–water partition coefficient (Wildman–Crippen LogP) is 4.03. The van der Waals surface area contributed by atoms with Crippen LogP contribution in [0.3, 0.4) is 0 Å². The molecule has 0 aliphatic rings. The van der Waals surface area contributed by atoms with Crippen molar-refractivity contribution in [3.8, 4) is 0 Å². The quantitative estimate of drug-likeness (QED) is 0.811. The number of hydrogen-bond acceptors (Lipinski definition) is 3. The third kappa shape index (κ3) is 6.10. The van der Waals surface area contributed by atoms with E-state index in [1.807, 2.05) is 43.3 Å². The Bertz CT molecular complexity index is 618. The minimum Gasteiger partial charge on any atom is -0.384 e. The molecule has 2 N–H and O–H groups in total. The Morgan fingerprint density at radius 2 is 1.87 bits per heavy atom. The highest BCUT2D eigenvalue weighted by Crippen LogP contribution is 2.11. The first-order chi connectivity index (χ1) is 11.0. The van der Waals surface area contributed by atoms with Crippen molar-refractivity contribution in [2.75, 3.05) is 17.2 Å². The molecule has 1 aromatic carbocycles. The van der Waals surface area contributed by atoms with E-state index in [0.717, 1.165) is 24.2 Å². The standard InChI is InChI=1S/C19H25N3O/c1-14(2)10-11-20-17-8-9-18(21-13-17)22-19(23)12-16-6-4-15(3)5-7-16/h4-9,13-14,20H,10-12H2,1-3H3,(H,21,22,23). The summed E-state index contributed by atoms with van der Waals surface area (Å²) in [6.45, 7) is 7.36. The number of amides is 1. The second-order valence-corrected chi connectivity index (χ2v) is 6.25. The van der Waals surface area contributed by atoms with Gasteiger partial charge in [0.2, 0.25) is 5.91 Å². The number of nitrogens with one attached hydrogen (secondary N) is 2. The zero-order valence-electron chi connectivity index (χ0n) is 14.1. The van der Waals surface area contributed by atoms with Crippen molar-refractivity contribution in [2.45, 2.75) is 33.6 Å². The molecule has 0 aliphatic heterocycles. The SMILES string of the molecule is Cc1ccc(CC(=O)Nc2ccc(NCCC(C)C)cn2)cc1. The topological polar surface area (TPSA) is 54.0 Å². The zero-order chi connectivity index (χ0) is 16.7. The summed E-state index contributed by atoms with van der Waals surface area (Å²) in [5.41, 5.74) is 3.17. The molecule has 4 nitrogen and oxygen atoms in total. The maximum Gasteiger partial charge on any atom is 0.229 e. The van der Waals surface area contributed by atoms with Gasteiger partial charge in [0.05, 0.1) is 18.3 Å². The van der Waals surface area contributed by atoms with Crippen LogP contribution in [0.5, 0.6) is 0 Å². The van der Waals surface area contributed by atoms with E-state index in [9.17, 15) is 4.79 Å². The molecule has 0 saturated heterocycles. The number of anilines is 2. The van der Waals surface area contributed by atoms with Crippen molar-refractivity contribution in [1.82, 2.24) is 4.98 Å². The molecule has 4 heteroatoms. The lowest BCUT2D eigenvalue weighted by molar-refractivity contribution is -0.115. The van der Waals surface area contributed by atoms with Gasteiger partial charge in [-0.05, 0) is 37.0 Å². The number of carbonyl (C=O) groups is 1. The molecule has 0 unspecified atom stereocenters. The average molecular weight is 311 g/mol. The second-order valence-electron chi connectivity index (χ2n) is 6.25. The molecule has 0 fully saturated rings. The number of aromatic nitrogens is 1. The van der Waals surface area contributed by atoms with Crippen molar-refractivity contribution in [3.05, 3.63) is 53.7 Å². The number of benzene rings is 1. The molecular weight excluding hydrogens is 286 g/mol. The molecule has 2 rings (SSSR count). The molecule has 2 aromatic rings. The van der Waals surface area contributed by atoms with Crippen molar-refractivity contribution < 1.29 is 4.79 Å². The van der Waals surface area contributed by atoms with Crippen LogP contribution in [0.25, 0.3) is 0 Å². The van der Waals surface area contributed by atoms with E-state index in [0.29, 0.717) is 18.2 Å². The molecule has 23 heavy (non-hydrogen) atoms. The Morgan fingerprint density at radius 3 is 2.48 bits per heavy atom. The van der Waals surface area contributed by atoms with Crippen LogP contribution in [0, 0.1) is 12.8 Å². The van der Waals surface area contributed by atoms with E-state index in [4.69, 9.17) is 0 Å². The Morgan fingerprint density at radius 1 is 1.13 bits per heavy atom. The number of pyridine rings is 1. The van der Waals surface area contributed by atoms with Gasteiger partial charge in [0.1, 0.15) is 5.82 Å². The van der Waals surface area contributed by atoms with Gasteiger partial charge in [-0.25, -0.2) is 4.98 Å². The Labute approximate surface area is 138 Å². The highest BCUT2D eigenvalue weighted by Gasteiger charge is 2.05. The van der Waals surface area contributed by atoms with Gasteiger partial charge in [0, 0.05) is 6.54 Å². The third-order valence-electron chi connectivity index (χ3n) is 3.57. The molecule has 1 heterocycles. The molecule has 0 spiro atoms. The maximum atomic E-state index is 12.0. The molecule has 0 bridgehead atoms. The van der Waals surface area contributed by atoms with Crippen molar-refractivity contribution in [3.63, 3.8) is 0 Å². The smallest absolute Gasteiger partial charge is 0.229 e. The predicted molar refractivity (Wildman–Crippen MR) is 95.7 cm³/mol. The van der Waals surface area contributed by atoms with Crippen molar-refractivity contribution in [1.29, 1.82) is 0 Å². The first-order valence-electron chi connectivity index (χ1n) is 8.08. The molecule has 0 radical (unpaired) electrons. The lowest BCUT2D eigenvalue weighted by Gasteiger charge is -2.09. The molecule has 0 saturated carbocycles. The van der Waals surface area contributed by atoms with E-state index < -0.39 is 0 Å². The van der Waals surface area contributed by atoms with Gasteiger partial charge in [-0.1, -0.05) is 43.7 Å². The van der Waals surface area contributed by atoms with E-state index in [1.165, 1.54) is 5.56 Å². The van der Waals surface area contributed by atoms with Crippen LogP contribution in [0.15, 0.2) is 42.6 Å². The van der Waals surface area contributed by atoms with Crippen LogP contribution in [0.2, 0.25) is 0 Å². The van der Waals surface area contributed by atoms with Crippen LogP contribution in [0.4, 0.5) is 11.5 Å². The van der Waals surface area contributed by atoms with Crippen LogP contribution >= 0.6 is 0 Å². The van der Waals surface area contributed by atoms with Gasteiger partial charge in [-0.15, -0.1) is 0 Å². The van der Waals surface area contributed by atoms with Crippen LogP contribution in [-0.4, -0.2) is 17.4 Å². The van der Waals surface area contributed by atoms with Crippen molar-refractivity contribution >= 4 is 17.4 Å². The summed E-state index contributed by atoms with van der Waals surface area (Å²) in [6, 6.07) is 11.7. The first-order valence-corrected chi connectivity index (χ1v) is 8.08. The van der Waals surface area contributed by atoms with E-state index in [-0.39, 0.29) is 5.91 Å². The Kier molecular flexibility index (Phi) is 6.15. The van der Waals surface area contributed by atoms with Gasteiger partial charge in [-0.3, -0.25) is 4.79 Å².